The Balaban J connectivity index is 1.47. The Labute approximate surface area is 192 Å². The topological polar surface area (TPSA) is 29.1 Å². The van der Waals surface area contributed by atoms with Crippen LogP contribution < -0.4 is 5.32 Å². The first-order chi connectivity index (χ1) is 14.6. The van der Waals surface area contributed by atoms with Crippen molar-refractivity contribution in [3.05, 3.63) is 11.6 Å². The van der Waals surface area contributed by atoms with Crippen molar-refractivity contribution in [3.63, 3.8) is 0 Å². The molecular weight excluding hydrogens is 378 g/mol. The molecule has 3 saturated carbocycles. The lowest BCUT2D eigenvalue weighted by Crippen LogP contribution is -2.52. The van der Waals surface area contributed by atoms with Crippen molar-refractivity contribution in [2.75, 3.05) is 0 Å². The fraction of sp³-hybridized carbons (Fsp3) is 0.897. The van der Waals surface area contributed by atoms with Gasteiger partial charge in [0.1, 0.15) is 0 Å². The number of rotatable bonds is 6. The predicted molar refractivity (Wildman–Crippen MR) is 131 cm³/mol. The van der Waals surface area contributed by atoms with Gasteiger partial charge in [0.05, 0.1) is 0 Å². The summed E-state index contributed by atoms with van der Waals surface area (Å²) >= 11 is 0. The Morgan fingerprint density at radius 1 is 1.06 bits per heavy atom. The number of carbonyl (C=O) groups is 1. The number of carbonyl (C=O) groups excluding carboxylic acids is 1. The fourth-order valence-corrected chi connectivity index (χ4v) is 9.10. The summed E-state index contributed by atoms with van der Waals surface area (Å²) in [7, 11) is 0. The first-order valence-corrected chi connectivity index (χ1v) is 13.6. The van der Waals surface area contributed by atoms with Gasteiger partial charge in [0.15, 0.2) is 0 Å². The van der Waals surface area contributed by atoms with E-state index in [1.54, 1.807) is 12.5 Å². The highest BCUT2D eigenvalue weighted by molar-refractivity contribution is 5.73. The second kappa shape index (κ2) is 8.86. The van der Waals surface area contributed by atoms with Crippen LogP contribution in [0.3, 0.4) is 0 Å². The zero-order chi connectivity index (χ0) is 22.4. The molecule has 8 atom stereocenters. The molecule has 176 valence electrons. The molecule has 4 aliphatic carbocycles. The van der Waals surface area contributed by atoms with Crippen LogP contribution in [0.25, 0.3) is 0 Å². The minimum atomic E-state index is 0.135. The smallest absolute Gasteiger partial charge is 0.217 e. The molecule has 0 unspecified atom stereocenters. The van der Waals surface area contributed by atoms with Gasteiger partial charge in [-0.25, -0.2) is 0 Å². The molecule has 0 aliphatic heterocycles. The largest absolute Gasteiger partial charge is 0.353 e. The van der Waals surface area contributed by atoms with E-state index in [1.165, 1.54) is 57.8 Å². The van der Waals surface area contributed by atoms with Crippen molar-refractivity contribution in [1.82, 2.24) is 5.32 Å². The molecule has 0 spiro atoms. The van der Waals surface area contributed by atoms with Crippen LogP contribution in [0.5, 0.6) is 0 Å². The molecule has 0 aromatic heterocycles. The molecule has 4 rings (SSSR count). The summed E-state index contributed by atoms with van der Waals surface area (Å²) < 4.78 is 0. The van der Waals surface area contributed by atoms with Crippen LogP contribution in [0.1, 0.15) is 112 Å². The third kappa shape index (κ3) is 4.26. The van der Waals surface area contributed by atoms with Crippen molar-refractivity contribution in [2.45, 2.75) is 118 Å². The number of hydrogen-bond donors (Lipinski definition) is 1. The van der Waals surface area contributed by atoms with Gasteiger partial charge in [0.2, 0.25) is 5.91 Å². The first kappa shape index (κ1) is 23.4. The molecule has 0 aromatic carbocycles. The second-order valence-electron chi connectivity index (χ2n) is 12.9. The maximum atomic E-state index is 11.6. The lowest BCUT2D eigenvalue weighted by atomic mass is 9.47. The highest BCUT2D eigenvalue weighted by atomic mass is 16.1. The molecule has 2 nitrogen and oxygen atoms in total. The SMILES string of the molecule is CC(=O)N[C@@H]1CC[C@@]2(C)C(=CC[C@H]3[C@@H]4CC[C@H]([C@H](C)CCCC(C)C)[C@@]4(C)CC[C@@H]32)C1. The standard InChI is InChI=1S/C29H49NO/c1-19(2)8-7-9-20(3)25-12-13-26-24-11-10-22-18-23(30-21(4)31)14-16-28(22,5)27(24)15-17-29(25,26)6/h10,19-20,23-27H,7-9,11-18H2,1-6H3,(H,30,31)/t20-,23-,24+,25-,26+,27+,28+,29-/m1/s1. The lowest BCUT2D eigenvalue weighted by molar-refractivity contribution is -0.120. The molecule has 1 N–H and O–H groups in total. The van der Waals surface area contributed by atoms with E-state index in [0.29, 0.717) is 16.9 Å². The van der Waals surface area contributed by atoms with Crippen molar-refractivity contribution in [2.24, 2.45) is 46.3 Å². The maximum Gasteiger partial charge on any atom is 0.217 e. The molecule has 31 heavy (non-hydrogen) atoms. The zero-order valence-corrected chi connectivity index (χ0v) is 21.3. The van der Waals surface area contributed by atoms with Gasteiger partial charge in [-0.2, -0.15) is 0 Å². The van der Waals surface area contributed by atoms with E-state index in [2.05, 4.69) is 46.0 Å². The van der Waals surface area contributed by atoms with Gasteiger partial charge in [0, 0.05) is 13.0 Å². The van der Waals surface area contributed by atoms with Crippen molar-refractivity contribution in [1.29, 1.82) is 0 Å². The molecule has 1 amide bonds. The molecule has 0 heterocycles. The monoisotopic (exact) mass is 427 g/mol. The van der Waals surface area contributed by atoms with Crippen molar-refractivity contribution in [3.8, 4) is 0 Å². The lowest BCUT2D eigenvalue weighted by Gasteiger charge is -2.58. The Morgan fingerprint density at radius 2 is 1.84 bits per heavy atom. The second-order valence-corrected chi connectivity index (χ2v) is 12.9. The normalized spacial score (nSPS) is 42.9. The van der Waals surface area contributed by atoms with E-state index in [1.807, 2.05) is 0 Å². The molecule has 0 bridgehead atoms. The number of allylic oxidation sites excluding steroid dienone is 1. The fourth-order valence-electron chi connectivity index (χ4n) is 9.10. The minimum absolute atomic E-state index is 0.135. The average Bonchev–Trinajstić information content (AvgIpc) is 3.05. The third-order valence-corrected chi connectivity index (χ3v) is 10.7. The average molecular weight is 428 g/mol. The van der Waals surface area contributed by atoms with Gasteiger partial charge in [0.25, 0.3) is 0 Å². The summed E-state index contributed by atoms with van der Waals surface area (Å²) in [6, 6.07) is 0.366. The van der Waals surface area contributed by atoms with Crippen LogP contribution >= 0.6 is 0 Å². The van der Waals surface area contributed by atoms with Crippen LogP contribution in [0, 0.1) is 46.3 Å². The first-order valence-electron chi connectivity index (χ1n) is 13.6. The van der Waals surface area contributed by atoms with Gasteiger partial charge >= 0.3 is 0 Å². The quantitative estimate of drug-likeness (QED) is 0.436. The van der Waals surface area contributed by atoms with E-state index < -0.39 is 0 Å². The minimum Gasteiger partial charge on any atom is -0.353 e. The molecule has 0 aromatic rings. The molecule has 4 aliphatic rings. The van der Waals surface area contributed by atoms with E-state index in [9.17, 15) is 4.79 Å². The van der Waals surface area contributed by atoms with Gasteiger partial charge in [-0.05, 0) is 97.7 Å². The van der Waals surface area contributed by atoms with Crippen LogP contribution in [0.2, 0.25) is 0 Å². The Kier molecular flexibility index (Phi) is 6.68. The van der Waals surface area contributed by atoms with E-state index in [4.69, 9.17) is 0 Å². The van der Waals surface area contributed by atoms with Crippen LogP contribution in [0.4, 0.5) is 0 Å². The van der Waals surface area contributed by atoms with E-state index in [-0.39, 0.29) is 5.91 Å². The highest BCUT2D eigenvalue weighted by Gasteiger charge is 2.59. The van der Waals surface area contributed by atoms with Crippen LogP contribution in [-0.2, 0) is 4.79 Å². The number of amides is 1. The van der Waals surface area contributed by atoms with Gasteiger partial charge in [-0.3, -0.25) is 4.79 Å². The highest BCUT2D eigenvalue weighted by Crippen LogP contribution is 2.67. The summed E-state index contributed by atoms with van der Waals surface area (Å²) in [5.74, 6) is 5.53. The summed E-state index contributed by atoms with van der Waals surface area (Å²) in [4.78, 5) is 11.6. The molecular formula is C29H49NO. The summed E-state index contributed by atoms with van der Waals surface area (Å²) in [5, 5.41) is 3.21. The predicted octanol–water partition coefficient (Wildman–Crippen LogP) is 7.53. The molecule has 0 saturated heterocycles. The summed E-state index contributed by atoms with van der Waals surface area (Å²) in [6.45, 7) is 14.3. The zero-order valence-electron chi connectivity index (χ0n) is 21.3. The molecule has 3 fully saturated rings. The maximum absolute atomic E-state index is 11.6. The van der Waals surface area contributed by atoms with Crippen molar-refractivity contribution < 1.29 is 4.79 Å². The number of hydrogen-bond acceptors (Lipinski definition) is 1. The van der Waals surface area contributed by atoms with Crippen molar-refractivity contribution >= 4 is 5.91 Å². The van der Waals surface area contributed by atoms with Crippen LogP contribution in [-0.4, -0.2) is 11.9 Å². The third-order valence-electron chi connectivity index (χ3n) is 10.7. The Hall–Kier alpha value is -0.790. The summed E-state index contributed by atoms with van der Waals surface area (Å²) in [6.07, 6.45) is 17.6. The molecule has 2 heteroatoms. The Bertz CT molecular complexity index is 695. The van der Waals surface area contributed by atoms with Gasteiger partial charge in [-0.15, -0.1) is 0 Å². The van der Waals surface area contributed by atoms with E-state index >= 15 is 0 Å². The Morgan fingerprint density at radius 3 is 2.55 bits per heavy atom. The summed E-state index contributed by atoms with van der Waals surface area (Å²) in [5.41, 5.74) is 2.65. The molecule has 0 radical (unpaired) electrons. The van der Waals surface area contributed by atoms with Gasteiger partial charge in [-0.1, -0.05) is 65.5 Å². The number of fused-ring (bicyclic) bond motifs is 5. The van der Waals surface area contributed by atoms with Crippen LogP contribution in [0.15, 0.2) is 11.6 Å². The number of nitrogens with one attached hydrogen (secondary N) is 1. The van der Waals surface area contributed by atoms with Gasteiger partial charge < -0.3 is 5.32 Å². The van der Waals surface area contributed by atoms with E-state index in [0.717, 1.165) is 48.3 Å².